The average Bonchev–Trinajstić information content (AvgIpc) is 2.30. The second-order valence-corrected chi connectivity index (χ2v) is 5.90. The third-order valence-corrected chi connectivity index (χ3v) is 3.70. The summed E-state index contributed by atoms with van der Waals surface area (Å²) in [7, 11) is 0. The fourth-order valence-electron chi connectivity index (χ4n) is 1.69. The van der Waals surface area contributed by atoms with Crippen LogP contribution in [0, 0.1) is 0 Å². The monoisotopic (exact) mass is 351 g/mol. The van der Waals surface area contributed by atoms with E-state index in [0.29, 0.717) is 23.0 Å². The average molecular weight is 353 g/mol. The molecule has 0 aliphatic heterocycles. The van der Waals surface area contributed by atoms with Gasteiger partial charge in [-0.05, 0) is 31.5 Å². The summed E-state index contributed by atoms with van der Waals surface area (Å²) in [5.41, 5.74) is 0.884. The lowest BCUT2D eigenvalue weighted by atomic mass is 10.1. The quantitative estimate of drug-likeness (QED) is 0.728. The minimum absolute atomic E-state index is 0.0999. The molecule has 0 atom stereocenters. The number of halogens is 3. The van der Waals surface area contributed by atoms with Crippen molar-refractivity contribution in [1.82, 2.24) is 4.90 Å². The van der Waals surface area contributed by atoms with Crippen molar-refractivity contribution in [3.8, 4) is 0 Å². The predicted octanol–water partition coefficient (Wildman–Crippen LogP) is 4.17. The SMILES string of the molecule is CC(C)N(CCBr)C(=O)Cc1ccc(Cl)c(Cl)c1. The molecule has 0 unspecified atom stereocenters. The lowest BCUT2D eigenvalue weighted by Crippen LogP contribution is -2.39. The normalized spacial score (nSPS) is 10.8. The lowest BCUT2D eigenvalue weighted by Gasteiger charge is -2.26. The van der Waals surface area contributed by atoms with Crippen LogP contribution in [0.5, 0.6) is 0 Å². The van der Waals surface area contributed by atoms with Gasteiger partial charge in [0.2, 0.25) is 5.91 Å². The second kappa shape index (κ2) is 7.37. The van der Waals surface area contributed by atoms with Gasteiger partial charge in [0.15, 0.2) is 0 Å². The molecule has 100 valence electrons. The Bertz CT molecular complexity index is 423. The molecular weight excluding hydrogens is 337 g/mol. The van der Waals surface area contributed by atoms with Gasteiger partial charge in [-0.3, -0.25) is 4.79 Å². The Morgan fingerprint density at radius 1 is 1.33 bits per heavy atom. The van der Waals surface area contributed by atoms with Crippen molar-refractivity contribution >= 4 is 45.0 Å². The van der Waals surface area contributed by atoms with E-state index < -0.39 is 0 Å². The fraction of sp³-hybridized carbons (Fsp3) is 0.462. The maximum atomic E-state index is 12.2. The summed E-state index contributed by atoms with van der Waals surface area (Å²) < 4.78 is 0. The van der Waals surface area contributed by atoms with Gasteiger partial charge in [0.1, 0.15) is 0 Å². The van der Waals surface area contributed by atoms with Crippen LogP contribution in [0.4, 0.5) is 0 Å². The number of hydrogen-bond acceptors (Lipinski definition) is 1. The second-order valence-electron chi connectivity index (χ2n) is 4.30. The first-order chi connectivity index (χ1) is 8.45. The van der Waals surface area contributed by atoms with Gasteiger partial charge in [-0.25, -0.2) is 0 Å². The van der Waals surface area contributed by atoms with Crippen LogP contribution >= 0.6 is 39.1 Å². The number of carbonyl (C=O) groups excluding carboxylic acids is 1. The highest BCUT2D eigenvalue weighted by Gasteiger charge is 2.16. The number of amides is 1. The van der Waals surface area contributed by atoms with Crippen molar-refractivity contribution in [2.45, 2.75) is 26.3 Å². The summed E-state index contributed by atoms with van der Waals surface area (Å²) in [6.45, 7) is 4.72. The molecule has 2 nitrogen and oxygen atoms in total. The van der Waals surface area contributed by atoms with Crippen molar-refractivity contribution in [1.29, 1.82) is 0 Å². The van der Waals surface area contributed by atoms with Crippen LogP contribution in [-0.4, -0.2) is 28.7 Å². The highest BCUT2D eigenvalue weighted by Crippen LogP contribution is 2.23. The summed E-state index contributed by atoms with van der Waals surface area (Å²) in [5.74, 6) is 0.0999. The van der Waals surface area contributed by atoms with E-state index in [9.17, 15) is 4.79 Å². The molecule has 0 aliphatic rings. The van der Waals surface area contributed by atoms with Gasteiger partial charge >= 0.3 is 0 Å². The van der Waals surface area contributed by atoms with Gasteiger partial charge in [-0.2, -0.15) is 0 Å². The Balaban J connectivity index is 2.76. The number of rotatable bonds is 5. The van der Waals surface area contributed by atoms with Gasteiger partial charge in [-0.1, -0.05) is 45.2 Å². The zero-order valence-corrected chi connectivity index (χ0v) is 13.5. The van der Waals surface area contributed by atoms with Crippen LogP contribution < -0.4 is 0 Å². The van der Waals surface area contributed by atoms with E-state index >= 15 is 0 Å². The first-order valence-corrected chi connectivity index (χ1v) is 7.62. The molecule has 0 fully saturated rings. The minimum atomic E-state index is 0.0999. The van der Waals surface area contributed by atoms with Crippen molar-refractivity contribution in [3.05, 3.63) is 33.8 Å². The van der Waals surface area contributed by atoms with Crippen LogP contribution in [-0.2, 0) is 11.2 Å². The van der Waals surface area contributed by atoms with Crippen LogP contribution in [0.1, 0.15) is 19.4 Å². The Kier molecular flexibility index (Phi) is 6.47. The van der Waals surface area contributed by atoms with E-state index in [2.05, 4.69) is 15.9 Å². The lowest BCUT2D eigenvalue weighted by molar-refractivity contribution is -0.131. The van der Waals surface area contributed by atoms with Crippen LogP contribution in [0.3, 0.4) is 0 Å². The number of benzene rings is 1. The molecule has 1 aromatic carbocycles. The number of nitrogens with zero attached hydrogens (tertiary/aromatic N) is 1. The standard InChI is InChI=1S/C13H16BrCl2NO/c1-9(2)17(6-5-14)13(18)8-10-3-4-11(15)12(16)7-10/h3-4,7,9H,5-6,8H2,1-2H3. The molecular formula is C13H16BrCl2NO. The predicted molar refractivity (Wildman–Crippen MR) is 80.8 cm³/mol. The summed E-state index contributed by atoms with van der Waals surface area (Å²) >= 11 is 15.1. The highest BCUT2D eigenvalue weighted by molar-refractivity contribution is 9.09. The molecule has 18 heavy (non-hydrogen) atoms. The van der Waals surface area contributed by atoms with E-state index in [-0.39, 0.29) is 11.9 Å². The Labute approximate surface area is 126 Å². The van der Waals surface area contributed by atoms with E-state index in [4.69, 9.17) is 23.2 Å². The van der Waals surface area contributed by atoms with E-state index in [0.717, 1.165) is 10.9 Å². The molecule has 1 aromatic rings. The molecule has 0 saturated heterocycles. The number of hydrogen-bond donors (Lipinski definition) is 0. The topological polar surface area (TPSA) is 20.3 Å². The fourth-order valence-corrected chi connectivity index (χ4v) is 2.39. The summed E-state index contributed by atoms with van der Waals surface area (Å²) in [6, 6.07) is 5.49. The molecule has 0 spiro atoms. The molecule has 0 bridgehead atoms. The van der Waals surface area contributed by atoms with Crippen molar-refractivity contribution in [2.75, 3.05) is 11.9 Å². The molecule has 0 aliphatic carbocycles. The number of carbonyl (C=O) groups is 1. The molecule has 0 aromatic heterocycles. The minimum Gasteiger partial charge on any atom is -0.339 e. The zero-order chi connectivity index (χ0) is 13.7. The summed E-state index contributed by atoms with van der Waals surface area (Å²) in [6.07, 6.45) is 0.349. The Hall–Kier alpha value is -0.250. The molecule has 1 rings (SSSR count). The highest BCUT2D eigenvalue weighted by atomic mass is 79.9. The molecule has 0 radical (unpaired) electrons. The molecule has 1 amide bonds. The molecule has 5 heteroatoms. The van der Waals surface area contributed by atoms with Gasteiger partial charge in [-0.15, -0.1) is 0 Å². The first kappa shape index (κ1) is 15.8. The zero-order valence-electron chi connectivity index (χ0n) is 10.4. The Morgan fingerprint density at radius 2 is 2.00 bits per heavy atom. The van der Waals surface area contributed by atoms with Crippen LogP contribution in [0.25, 0.3) is 0 Å². The molecule has 0 saturated carbocycles. The number of alkyl halides is 1. The van der Waals surface area contributed by atoms with Crippen LogP contribution in [0.15, 0.2) is 18.2 Å². The maximum absolute atomic E-state index is 12.2. The van der Waals surface area contributed by atoms with Crippen molar-refractivity contribution in [3.63, 3.8) is 0 Å². The van der Waals surface area contributed by atoms with Crippen molar-refractivity contribution in [2.24, 2.45) is 0 Å². The Morgan fingerprint density at radius 3 is 2.50 bits per heavy atom. The third-order valence-electron chi connectivity index (χ3n) is 2.61. The van der Waals surface area contributed by atoms with Crippen LogP contribution in [0.2, 0.25) is 10.0 Å². The smallest absolute Gasteiger partial charge is 0.227 e. The van der Waals surface area contributed by atoms with Gasteiger partial charge in [0.25, 0.3) is 0 Å². The van der Waals surface area contributed by atoms with E-state index in [1.165, 1.54) is 0 Å². The van der Waals surface area contributed by atoms with Crippen molar-refractivity contribution < 1.29 is 4.79 Å². The van der Waals surface area contributed by atoms with E-state index in [1.807, 2.05) is 24.8 Å². The van der Waals surface area contributed by atoms with Gasteiger partial charge in [0.05, 0.1) is 16.5 Å². The third kappa shape index (κ3) is 4.45. The maximum Gasteiger partial charge on any atom is 0.227 e. The molecule has 0 N–H and O–H groups in total. The molecule has 0 heterocycles. The largest absolute Gasteiger partial charge is 0.339 e. The van der Waals surface area contributed by atoms with Gasteiger partial charge < -0.3 is 4.90 Å². The summed E-state index contributed by atoms with van der Waals surface area (Å²) in [4.78, 5) is 14.0. The first-order valence-electron chi connectivity index (χ1n) is 5.75. The summed E-state index contributed by atoms with van der Waals surface area (Å²) in [5, 5.41) is 1.77. The van der Waals surface area contributed by atoms with Gasteiger partial charge in [0, 0.05) is 17.9 Å². The van der Waals surface area contributed by atoms with E-state index in [1.54, 1.807) is 12.1 Å².